The van der Waals surface area contributed by atoms with Gasteiger partial charge in [-0.2, -0.15) is 0 Å². The van der Waals surface area contributed by atoms with Gasteiger partial charge in [0, 0.05) is 12.5 Å². The van der Waals surface area contributed by atoms with Crippen LogP contribution in [0.25, 0.3) is 0 Å². The van der Waals surface area contributed by atoms with Gasteiger partial charge in [0.25, 0.3) is 0 Å². The third-order valence-electron chi connectivity index (χ3n) is 6.19. The third-order valence-corrected chi connectivity index (χ3v) is 6.19. The first-order valence-electron chi connectivity index (χ1n) is 10.5. The van der Waals surface area contributed by atoms with Crippen LogP contribution in [-0.2, 0) is 14.4 Å². The van der Waals surface area contributed by atoms with Crippen molar-refractivity contribution >= 4 is 17.7 Å². The van der Waals surface area contributed by atoms with Gasteiger partial charge in [0.2, 0.25) is 17.7 Å². The summed E-state index contributed by atoms with van der Waals surface area (Å²) in [7, 11) is 0. The molecule has 1 N–H and O–H groups in total. The minimum absolute atomic E-state index is 0.0136. The van der Waals surface area contributed by atoms with Crippen LogP contribution in [0.5, 0.6) is 0 Å². The molecule has 1 heterocycles. The van der Waals surface area contributed by atoms with Gasteiger partial charge in [-0.1, -0.05) is 72.8 Å². The number of fused-ring (bicyclic) bond motifs is 1. The van der Waals surface area contributed by atoms with Crippen LogP contribution in [0.4, 0.5) is 0 Å². The van der Waals surface area contributed by atoms with Gasteiger partial charge in [-0.25, -0.2) is 0 Å². The second-order valence-electron chi connectivity index (χ2n) is 8.00. The summed E-state index contributed by atoms with van der Waals surface area (Å²) in [5.41, 5.74) is 2.20. The van der Waals surface area contributed by atoms with Crippen molar-refractivity contribution < 1.29 is 14.4 Å². The summed E-state index contributed by atoms with van der Waals surface area (Å²) in [6.07, 6.45) is 5.05. The van der Waals surface area contributed by atoms with Crippen molar-refractivity contribution in [3.8, 4) is 0 Å². The number of benzene rings is 2. The Kier molecular flexibility index (Phi) is 5.79. The lowest BCUT2D eigenvalue weighted by atomic mass is 9.85. The molecule has 0 saturated carbocycles. The smallest absolute Gasteiger partial charge is 0.243 e. The van der Waals surface area contributed by atoms with Crippen molar-refractivity contribution in [2.24, 2.45) is 11.8 Å². The summed E-state index contributed by atoms with van der Waals surface area (Å²) in [4.78, 5) is 39.6. The first-order chi connectivity index (χ1) is 14.6. The van der Waals surface area contributed by atoms with E-state index >= 15 is 0 Å². The molecule has 1 fully saturated rings. The van der Waals surface area contributed by atoms with Gasteiger partial charge >= 0.3 is 0 Å². The lowest BCUT2D eigenvalue weighted by molar-refractivity contribution is -0.147. The average molecular weight is 402 g/mol. The Hall–Kier alpha value is -3.21. The maximum atomic E-state index is 12.9. The topological polar surface area (TPSA) is 66.5 Å². The summed E-state index contributed by atoms with van der Waals surface area (Å²) in [5.74, 6) is -1.40. The molecule has 3 atom stereocenters. The fourth-order valence-electron chi connectivity index (χ4n) is 4.47. The standard InChI is InChI=1S/C25H26N2O3/c1-17(27-24(29)20-14-8-9-15-21(20)25(27)30)23(28)26-16-22(18-10-4-2-5-11-18)19-12-6-3-7-13-19/h2-13,17,20-22H,14-16H2,1H3,(H,26,28)/t17-,20?,21?/m0/s1. The zero-order valence-electron chi connectivity index (χ0n) is 17.0. The van der Waals surface area contributed by atoms with Gasteiger partial charge in [0.05, 0.1) is 11.8 Å². The van der Waals surface area contributed by atoms with Crippen LogP contribution in [0.1, 0.15) is 36.8 Å². The van der Waals surface area contributed by atoms with E-state index in [1.54, 1.807) is 6.92 Å². The third kappa shape index (κ3) is 3.80. The van der Waals surface area contributed by atoms with Crippen LogP contribution in [0.15, 0.2) is 72.8 Å². The van der Waals surface area contributed by atoms with Crippen molar-refractivity contribution in [3.05, 3.63) is 83.9 Å². The Balaban J connectivity index is 1.47. The van der Waals surface area contributed by atoms with E-state index < -0.39 is 6.04 Å². The highest BCUT2D eigenvalue weighted by molar-refractivity contribution is 6.08. The summed E-state index contributed by atoms with van der Waals surface area (Å²) in [6, 6.07) is 19.2. The summed E-state index contributed by atoms with van der Waals surface area (Å²) >= 11 is 0. The fourth-order valence-corrected chi connectivity index (χ4v) is 4.47. The molecular weight excluding hydrogens is 376 g/mol. The molecule has 30 heavy (non-hydrogen) atoms. The summed E-state index contributed by atoms with van der Waals surface area (Å²) < 4.78 is 0. The van der Waals surface area contributed by atoms with Crippen molar-refractivity contribution in [3.63, 3.8) is 0 Å². The van der Waals surface area contributed by atoms with Crippen molar-refractivity contribution in [1.82, 2.24) is 10.2 Å². The first kappa shape index (κ1) is 20.1. The molecule has 0 spiro atoms. The number of likely N-dealkylation sites (tertiary alicyclic amines) is 1. The molecule has 0 bridgehead atoms. The maximum Gasteiger partial charge on any atom is 0.243 e. The molecule has 1 aliphatic carbocycles. The average Bonchev–Trinajstić information content (AvgIpc) is 3.05. The lowest BCUT2D eigenvalue weighted by Crippen LogP contribution is -2.49. The Morgan fingerprint density at radius 2 is 1.37 bits per heavy atom. The number of imide groups is 1. The van der Waals surface area contributed by atoms with E-state index in [-0.39, 0.29) is 35.5 Å². The largest absolute Gasteiger partial charge is 0.353 e. The van der Waals surface area contributed by atoms with Crippen LogP contribution in [0.3, 0.4) is 0 Å². The number of nitrogens with zero attached hydrogens (tertiary/aromatic N) is 1. The highest BCUT2D eigenvalue weighted by Crippen LogP contribution is 2.36. The monoisotopic (exact) mass is 402 g/mol. The van der Waals surface area contributed by atoms with E-state index in [4.69, 9.17) is 0 Å². The Labute approximate surface area is 176 Å². The van der Waals surface area contributed by atoms with Gasteiger partial charge in [0.15, 0.2) is 0 Å². The second kappa shape index (κ2) is 8.66. The van der Waals surface area contributed by atoms with Crippen LogP contribution in [0, 0.1) is 11.8 Å². The number of rotatable bonds is 6. The first-order valence-corrected chi connectivity index (χ1v) is 10.5. The van der Waals surface area contributed by atoms with Gasteiger partial charge < -0.3 is 5.32 Å². The Morgan fingerprint density at radius 3 is 1.83 bits per heavy atom. The number of hydrogen-bond acceptors (Lipinski definition) is 3. The SMILES string of the molecule is C[C@@H](C(=O)NCC(c1ccccc1)c1ccccc1)N1C(=O)C2CC=CCC2C1=O. The Bertz CT molecular complexity index is 889. The number of hydrogen-bond donors (Lipinski definition) is 1. The molecule has 1 saturated heterocycles. The molecule has 2 unspecified atom stereocenters. The zero-order valence-corrected chi connectivity index (χ0v) is 17.0. The van der Waals surface area contributed by atoms with Crippen LogP contribution >= 0.6 is 0 Å². The molecule has 3 amide bonds. The molecule has 2 aromatic carbocycles. The maximum absolute atomic E-state index is 12.9. The van der Waals surface area contributed by atoms with E-state index in [2.05, 4.69) is 5.32 Å². The van der Waals surface area contributed by atoms with Crippen LogP contribution < -0.4 is 5.32 Å². The van der Waals surface area contributed by atoms with Crippen molar-refractivity contribution in [1.29, 1.82) is 0 Å². The van der Waals surface area contributed by atoms with E-state index in [9.17, 15) is 14.4 Å². The van der Waals surface area contributed by atoms with E-state index in [1.807, 2.05) is 72.8 Å². The minimum Gasteiger partial charge on any atom is -0.353 e. The number of carbonyl (C=O) groups excluding carboxylic acids is 3. The molecule has 0 aromatic heterocycles. The molecule has 154 valence electrons. The summed E-state index contributed by atoms with van der Waals surface area (Å²) in [6.45, 7) is 2.03. The van der Waals surface area contributed by atoms with E-state index in [0.717, 1.165) is 11.1 Å². The van der Waals surface area contributed by atoms with Gasteiger partial charge in [-0.05, 0) is 30.9 Å². The summed E-state index contributed by atoms with van der Waals surface area (Å²) in [5, 5.41) is 2.98. The predicted molar refractivity (Wildman–Crippen MR) is 114 cm³/mol. The fraction of sp³-hybridized carbons (Fsp3) is 0.320. The molecule has 2 aliphatic rings. The number of carbonyl (C=O) groups is 3. The molecule has 5 nitrogen and oxygen atoms in total. The van der Waals surface area contributed by atoms with E-state index in [1.165, 1.54) is 4.90 Å². The quantitative estimate of drug-likeness (QED) is 0.596. The molecule has 1 aliphatic heterocycles. The molecule has 2 aromatic rings. The van der Waals surface area contributed by atoms with Crippen LogP contribution in [0.2, 0.25) is 0 Å². The molecule has 0 radical (unpaired) electrons. The van der Waals surface area contributed by atoms with Crippen LogP contribution in [-0.4, -0.2) is 35.2 Å². The molecule has 4 rings (SSSR count). The van der Waals surface area contributed by atoms with Gasteiger partial charge in [-0.3, -0.25) is 19.3 Å². The number of amides is 3. The number of allylic oxidation sites excluding steroid dienone is 2. The molecule has 5 heteroatoms. The van der Waals surface area contributed by atoms with Gasteiger partial charge in [0.1, 0.15) is 6.04 Å². The Morgan fingerprint density at radius 1 is 0.900 bits per heavy atom. The predicted octanol–water partition coefficient (Wildman–Crippen LogP) is 3.27. The second-order valence-corrected chi connectivity index (χ2v) is 8.00. The van der Waals surface area contributed by atoms with Gasteiger partial charge in [-0.15, -0.1) is 0 Å². The number of nitrogens with one attached hydrogen (secondary N) is 1. The lowest BCUT2D eigenvalue weighted by Gasteiger charge is -2.24. The highest BCUT2D eigenvalue weighted by atomic mass is 16.2. The van der Waals surface area contributed by atoms with E-state index in [0.29, 0.717) is 19.4 Å². The zero-order chi connectivity index (χ0) is 21.1. The normalized spacial score (nSPS) is 21.6. The minimum atomic E-state index is -0.817. The van der Waals surface area contributed by atoms with Crippen molar-refractivity contribution in [2.45, 2.75) is 31.7 Å². The highest BCUT2D eigenvalue weighted by Gasteiger charge is 2.50. The van der Waals surface area contributed by atoms with Crippen molar-refractivity contribution in [2.75, 3.05) is 6.54 Å². The molecular formula is C25H26N2O3.